The van der Waals surface area contributed by atoms with Crippen molar-refractivity contribution < 1.29 is 9.18 Å². The van der Waals surface area contributed by atoms with Gasteiger partial charge in [0, 0.05) is 45.0 Å². The predicted octanol–water partition coefficient (Wildman–Crippen LogP) is 2.00. The Morgan fingerprint density at radius 1 is 1.13 bits per heavy atom. The second-order valence-corrected chi connectivity index (χ2v) is 5.71. The molecule has 1 aromatic rings. The molecule has 0 atom stereocenters. The van der Waals surface area contributed by atoms with E-state index in [0.717, 1.165) is 38.4 Å². The number of carbonyl (C=O) groups is 1. The van der Waals surface area contributed by atoms with E-state index in [9.17, 15) is 9.18 Å². The molecule has 0 aromatic heterocycles. The maximum absolute atomic E-state index is 13.0. The Morgan fingerprint density at radius 2 is 1.74 bits per heavy atom. The number of halogens is 1. The fourth-order valence-electron chi connectivity index (χ4n) is 2.79. The summed E-state index contributed by atoms with van der Waals surface area (Å²) in [6.07, 6.45) is 0. The Balaban J connectivity index is 1.73. The van der Waals surface area contributed by atoms with Crippen molar-refractivity contribution >= 4 is 11.7 Å². The molecule has 1 aliphatic rings. The second kappa shape index (κ2) is 8.72. The van der Waals surface area contributed by atoms with Gasteiger partial charge < -0.3 is 20.0 Å². The number of rotatable bonds is 6. The maximum atomic E-state index is 13.0. The van der Waals surface area contributed by atoms with Crippen LogP contribution in [0.2, 0.25) is 0 Å². The fraction of sp³-hybridized carbons (Fsp3) is 0.588. The van der Waals surface area contributed by atoms with Crippen molar-refractivity contribution in [3.63, 3.8) is 0 Å². The Morgan fingerprint density at radius 3 is 2.30 bits per heavy atom. The maximum Gasteiger partial charge on any atom is 0.317 e. The van der Waals surface area contributed by atoms with Crippen molar-refractivity contribution in [1.29, 1.82) is 0 Å². The van der Waals surface area contributed by atoms with Crippen molar-refractivity contribution in [1.82, 2.24) is 15.1 Å². The third-order valence-electron chi connectivity index (χ3n) is 4.36. The zero-order valence-corrected chi connectivity index (χ0v) is 14.1. The number of benzene rings is 1. The van der Waals surface area contributed by atoms with Gasteiger partial charge >= 0.3 is 6.03 Å². The van der Waals surface area contributed by atoms with Crippen LogP contribution >= 0.6 is 0 Å². The summed E-state index contributed by atoms with van der Waals surface area (Å²) in [5, 5.41) is 2.99. The lowest BCUT2D eigenvalue weighted by Crippen LogP contribution is -2.52. The lowest BCUT2D eigenvalue weighted by molar-refractivity contribution is 0.192. The Hall–Kier alpha value is -1.82. The number of carbonyl (C=O) groups excluding carboxylic acids is 1. The largest absolute Gasteiger partial charge is 0.368 e. The van der Waals surface area contributed by atoms with E-state index >= 15 is 0 Å². The molecule has 1 heterocycles. The van der Waals surface area contributed by atoms with Crippen LogP contribution in [0.5, 0.6) is 0 Å². The number of hydrogen-bond acceptors (Lipinski definition) is 3. The third-order valence-corrected chi connectivity index (χ3v) is 4.36. The van der Waals surface area contributed by atoms with Gasteiger partial charge in [0.2, 0.25) is 0 Å². The van der Waals surface area contributed by atoms with Gasteiger partial charge in [-0.05, 0) is 37.4 Å². The highest BCUT2D eigenvalue weighted by molar-refractivity contribution is 5.74. The minimum Gasteiger partial charge on any atom is -0.368 e. The van der Waals surface area contributed by atoms with Crippen LogP contribution < -0.4 is 10.2 Å². The summed E-state index contributed by atoms with van der Waals surface area (Å²) in [5.41, 5.74) is 1.01. The van der Waals surface area contributed by atoms with Crippen LogP contribution in [-0.2, 0) is 0 Å². The van der Waals surface area contributed by atoms with Crippen molar-refractivity contribution in [3.8, 4) is 0 Å². The Bertz CT molecular complexity index is 482. The molecular formula is C17H27FN4O. The van der Waals surface area contributed by atoms with E-state index in [1.54, 1.807) is 12.1 Å². The minimum absolute atomic E-state index is 0.0101. The minimum atomic E-state index is -0.222. The molecule has 0 unspecified atom stereocenters. The summed E-state index contributed by atoms with van der Waals surface area (Å²) in [6.45, 7) is 10.7. The normalized spacial score (nSPS) is 15.1. The molecule has 1 aromatic carbocycles. The molecule has 5 nitrogen and oxygen atoms in total. The second-order valence-electron chi connectivity index (χ2n) is 5.71. The van der Waals surface area contributed by atoms with E-state index in [4.69, 9.17) is 0 Å². The highest BCUT2D eigenvalue weighted by Crippen LogP contribution is 2.16. The molecule has 0 radical (unpaired) electrons. The summed E-state index contributed by atoms with van der Waals surface area (Å²) in [4.78, 5) is 18.5. The van der Waals surface area contributed by atoms with E-state index in [0.29, 0.717) is 19.6 Å². The highest BCUT2D eigenvalue weighted by atomic mass is 19.1. The van der Waals surface area contributed by atoms with E-state index in [1.165, 1.54) is 12.1 Å². The number of amides is 2. The molecule has 2 amide bonds. The molecule has 6 heteroatoms. The molecule has 23 heavy (non-hydrogen) atoms. The van der Waals surface area contributed by atoms with E-state index < -0.39 is 0 Å². The van der Waals surface area contributed by atoms with Gasteiger partial charge in [-0.25, -0.2) is 9.18 Å². The SMILES string of the molecule is CCN(CC)CCNC(=O)N1CCN(c2ccc(F)cc2)CC1. The fourth-order valence-corrected chi connectivity index (χ4v) is 2.79. The molecule has 0 bridgehead atoms. The lowest BCUT2D eigenvalue weighted by atomic mass is 10.2. The molecule has 0 aliphatic carbocycles. The summed E-state index contributed by atoms with van der Waals surface area (Å²) in [7, 11) is 0. The molecule has 1 saturated heterocycles. The zero-order chi connectivity index (χ0) is 16.7. The van der Waals surface area contributed by atoms with E-state index in [-0.39, 0.29) is 11.8 Å². The first kappa shape index (κ1) is 17.5. The van der Waals surface area contributed by atoms with Crippen LogP contribution in [0.3, 0.4) is 0 Å². The quantitative estimate of drug-likeness (QED) is 0.871. The van der Waals surface area contributed by atoms with Crippen molar-refractivity contribution in [2.75, 3.05) is 57.3 Å². The van der Waals surface area contributed by atoms with Crippen LogP contribution in [0.1, 0.15) is 13.8 Å². The smallest absolute Gasteiger partial charge is 0.317 e. The van der Waals surface area contributed by atoms with Crippen molar-refractivity contribution in [3.05, 3.63) is 30.1 Å². The first-order valence-corrected chi connectivity index (χ1v) is 8.39. The zero-order valence-electron chi connectivity index (χ0n) is 14.1. The topological polar surface area (TPSA) is 38.8 Å². The number of anilines is 1. The molecule has 128 valence electrons. The monoisotopic (exact) mass is 322 g/mol. The summed E-state index contributed by atoms with van der Waals surface area (Å²) in [6, 6.07) is 6.53. The summed E-state index contributed by atoms with van der Waals surface area (Å²) < 4.78 is 13.0. The van der Waals surface area contributed by atoms with Crippen LogP contribution in [0.15, 0.2) is 24.3 Å². The molecule has 1 N–H and O–H groups in total. The Labute approximate surface area is 138 Å². The number of nitrogens with one attached hydrogen (secondary N) is 1. The average Bonchev–Trinajstić information content (AvgIpc) is 2.59. The van der Waals surface area contributed by atoms with Gasteiger partial charge in [-0.15, -0.1) is 0 Å². The Kier molecular flexibility index (Phi) is 6.65. The van der Waals surface area contributed by atoms with Gasteiger partial charge in [-0.1, -0.05) is 13.8 Å². The van der Waals surface area contributed by atoms with Crippen molar-refractivity contribution in [2.45, 2.75) is 13.8 Å². The van der Waals surface area contributed by atoms with Crippen LogP contribution in [0, 0.1) is 5.82 Å². The van der Waals surface area contributed by atoms with Gasteiger partial charge in [0.25, 0.3) is 0 Å². The van der Waals surface area contributed by atoms with Gasteiger partial charge in [0.05, 0.1) is 0 Å². The third kappa shape index (κ3) is 5.10. The molecule has 0 saturated carbocycles. The number of nitrogens with zero attached hydrogens (tertiary/aromatic N) is 3. The standard InChI is InChI=1S/C17H27FN4O/c1-3-20(4-2)10-9-19-17(23)22-13-11-21(12-14-22)16-7-5-15(18)6-8-16/h5-8H,3-4,9-14H2,1-2H3,(H,19,23). The van der Waals surface area contributed by atoms with Gasteiger partial charge in [-0.3, -0.25) is 0 Å². The van der Waals surface area contributed by atoms with Crippen LogP contribution in [0.25, 0.3) is 0 Å². The van der Waals surface area contributed by atoms with Crippen LogP contribution in [0.4, 0.5) is 14.9 Å². The first-order chi connectivity index (χ1) is 11.1. The molecule has 2 rings (SSSR count). The van der Waals surface area contributed by atoms with Crippen molar-refractivity contribution in [2.24, 2.45) is 0 Å². The van der Waals surface area contributed by atoms with E-state index in [2.05, 4.69) is 29.0 Å². The van der Waals surface area contributed by atoms with Gasteiger partial charge in [-0.2, -0.15) is 0 Å². The number of likely N-dealkylation sites (N-methyl/N-ethyl adjacent to an activating group) is 1. The van der Waals surface area contributed by atoms with E-state index in [1.807, 2.05) is 4.90 Å². The van der Waals surface area contributed by atoms with Gasteiger partial charge in [0.1, 0.15) is 5.82 Å². The van der Waals surface area contributed by atoms with Crippen LogP contribution in [-0.4, -0.2) is 68.2 Å². The first-order valence-electron chi connectivity index (χ1n) is 8.39. The molecule has 0 spiro atoms. The molecule has 1 fully saturated rings. The predicted molar refractivity (Wildman–Crippen MR) is 91.4 cm³/mol. The van der Waals surface area contributed by atoms with Gasteiger partial charge in [0.15, 0.2) is 0 Å². The summed E-state index contributed by atoms with van der Waals surface area (Å²) >= 11 is 0. The summed E-state index contributed by atoms with van der Waals surface area (Å²) in [5.74, 6) is -0.222. The average molecular weight is 322 g/mol. The molecule has 1 aliphatic heterocycles. The number of hydrogen-bond donors (Lipinski definition) is 1. The number of urea groups is 1. The lowest BCUT2D eigenvalue weighted by Gasteiger charge is -2.36. The highest BCUT2D eigenvalue weighted by Gasteiger charge is 2.21. The number of piperazine rings is 1. The molecular weight excluding hydrogens is 295 g/mol.